The molecule has 0 N–H and O–H groups in total. The number of carboxylic acid groups (broad SMARTS) is 1. The molecule has 9 nitrogen and oxygen atoms in total. The first-order valence-corrected chi connectivity index (χ1v) is 32.7. The van der Waals surface area contributed by atoms with Gasteiger partial charge < -0.3 is 33.3 Å². The van der Waals surface area contributed by atoms with Gasteiger partial charge in [-0.25, -0.2) is 0 Å². The Morgan fingerprint density at radius 3 is 1.08 bits per heavy atom. The smallest absolute Gasteiger partial charge is 0.306 e. The van der Waals surface area contributed by atoms with Crippen LogP contribution in [0.3, 0.4) is 0 Å². The van der Waals surface area contributed by atoms with Gasteiger partial charge >= 0.3 is 11.9 Å². The molecule has 0 saturated carbocycles. The maximum Gasteiger partial charge on any atom is 0.306 e. The predicted octanol–water partition coefficient (Wildman–Crippen LogP) is 18.6. The van der Waals surface area contributed by atoms with E-state index in [-0.39, 0.29) is 38.6 Å². The second-order valence-electron chi connectivity index (χ2n) is 23.0. The molecule has 0 aromatic rings. The summed E-state index contributed by atoms with van der Waals surface area (Å²) in [5.74, 6) is -2.28. The first kappa shape index (κ1) is 75.5. The van der Waals surface area contributed by atoms with Crippen molar-refractivity contribution in [3.05, 3.63) is 85.1 Å². The Morgan fingerprint density at radius 2 is 0.722 bits per heavy atom. The van der Waals surface area contributed by atoms with Crippen molar-refractivity contribution in [2.24, 2.45) is 0 Å². The molecule has 0 radical (unpaired) electrons. The van der Waals surface area contributed by atoms with Crippen molar-refractivity contribution in [1.82, 2.24) is 0 Å². The minimum Gasteiger partial charge on any atom is -0.545 e. The van der Waals surface area contributed by atoms with Gasteiger partial charge in [-0.05, 0) is 89.9 Å². The van der Waals surface area contributed by atoms with Crippen LogP contribution >= 0.6 is 0 Å². The van der Waals surface area contributed by atoms with Gasteiger partial charge in [0.15, 0.2) is 12.4 Å². The van der Waals surface area contributed by atoms with Crippen LogP contribution in [-0.4, -0.2) is 82.3 Å². The number of esters is 2. The number of unbranched alkanes of at least 4 members (excludes halogenated alkanes) is 31. The number of nitrogens with zero attached hydrogens (tertiary/aromatic N) is 1. The van der Waals surface area contributed by atoms with Crippen LogP contribution in [-0.2, 0) is 33.3 Å². The Morgan fingerprint density at radius 1 is 0.392 bits per heavy atom. The second-order valence-corrected chi connectivity index (χ2v) is 23.0. The van der Waals surface area contributed by atoms with E-state index in [1.807, 2.05) is 21.1 Å². The molecule has 2 atom stereocenters. The quantitative estimate of drug-likeness (QED) is 0.0195. The van der Waals surface area contributed by atoms with E-state index in [1.165, 1.54) is 180 Å². The normalized spacial score (nSPS) is 13.3. The lowest BCUT2D eigenvalue weighted by molar-refractivity contribution is -0.870. The molecule has 0 saturated heterocycles. The third kappa shape index (κ3) is 61.9. The Labute approximate surface area is 487 Å². The molecule has 0 aromatic carbocycles. The predicted molar refractivity (Wildman–Crippen MR) is 334 cm³/mol. The first-order chi connectivity index (χ1) is 38.6. The van der Waals surface area contributed by atoms with Crippen molar-refractivity contribution in [2.75, 3.05) is 47.5 Å². The molecule has 0 aromatic heterocycles. The highest BCUT2D eigenvalue weighted by atomic mass is 16.7. The molecule has 0 rings (SSSR count). The maximum absolute atomic E-state index is 12.9. The fourth-order valence-corrected chi connectivity index (χ4v) is 9.12. The Balaban J connectivity index is 4.08. The Kier molecular flexibility index (Phi) is 57.9. The van der Waals surface area contributed by atoms with Gasteiger partial charge in [-0.15, -0.1) is 0 Å². The number of carbonyl (C=O) groups excluding carboxylic acids is 3. The Bertz CT molecular complexity index is 1570. The number of carboxylic acids is 1. The van der Waals surface area contributed by atoms with Crippen molar-refractivity contribution in [1.29, 1.82) is 0 Å². The lowest BCUT2D eigenvalue weighted by atomic mass is 10.0. The minimum absolute atomic E-state index is 0.146. The van der Waals surface area contributed by atoms with Gasteiger partial charge in [0.2, 0.25) is 0 Å². The van der Waals surface area contributed by atoms with Crippen molar-refractivity contribution in [3.8, 4) is 0 Å². The third-order valence-electron chi connectivity index (χ3n) is 14.1. The molecule has 456 valence electrons. The van der Waals surface area contributed by atoms with Crippen LogP contribution in [0.2, 0.25) is 0 Å². The van der Waals surface area contributed by atoms with E-state index in [4.69, 9.17) is 18.9 Å². The van der Waals surface area contributed by atoms with E-state index in [0.717, 1.165) is 70.6 Å². The lowest BCUT2D eigenvalue weighted by Crippen LogP contribution is -2.44. The zero-order valence-electron chi connectivity index (χ0n) is 52.0. The lowest BCUT2D eigenvalue weighted by Gasteiger charge is -2.26. The summed E-state index contributed by atoms with van der Waals surface area (Å²) in [7, 11) is 5.93. The SMILES string of the molecule is CC/C=C\C/C=C\C/C=C\C/C=C\C/C=C\CCCCCCCCCCCCCCCCCCCCCC(=O)OC(COC(=O)CCCCCCCCCCC/C=C\C/C=C\CCCCC)COC(OCC[N+](C)(C)C)C(=O)[O-]. The van der Waals surface area contributed by atoms with Gasteiger partial charge in [-0.3, -0.25) is 9.59 Å². The molecule has 0 spiro atoms. The average Bonchev–Trinajstić information content (AvgIpc) is 3.42. The van der Waals surface area contributed by atoms with Gasteiger partial charge in [0, 0.05) is 12.8 Å². The fourth-order valence-electron chi connectivity index (χ4n) is 9.12. The summed E-state index contributed by atoms with van der Waals surface area (Å²) in [5.41, 5.74) is 0. The molecular weight excluding hydrogens is 983 g/mol. The molecule has 9 heteroatoms. The standard InChI is InChI=1S/C70H123NO8/c1-6-8-10-12-14-16-18-20-22-24-26-27-28-29-30-31-32-33-34-35-36-37-38-39-40-41-43-45-47-49-51-53-55-57-59-61-68(73)79-66(65-78-70(69(74)75)76-63-62-71(3,4)5)64-77-67(72)60-58-56-54-52-50-48-46-44-42-25-23-21-19-17-15-13-11-9-7-2/h8,10,14-17,20-23,26-27,29-30,66,70H,6-7,9,11-13,18-19,24-25,28,31-65H2,1-5H3/b10-8-,16-14-,17-15-,22-20-,23-21-,27-26-,30-29-. The molecule has 0 heterocycles. The number of rotatable bonds is 60. The topological polar surface area (TPSA) is 111 Å². The van der Waals surface area contributed by atoms with E-state index in [9.17, 15) is 19.5 Å². The maximum atomic E-state index is 12.9. The van der Waals surface area contributed by atoms with E-state index in [2.05, 4.69) is 98.9 Å². The molecule has 0 amide bonds. The summed E-state index contributed by atoms with van der Waals surface area (Å²) in [5, 5.41) is 11.8. The molecule has 0 aliphatic heterocycles. The third-order valence-corrected chi connectivity index (χ3v) is 14.1. The van der Waals surface area contributed by atoms with Gasteiger partial charge in [-0.1, -0.05) is 266 Å². The summed E-state index contributed by atoms with van der Waals surface area (Å²) >= 11 is 0. The number of quaternary nitrogens is 1. The molecule has 0 bridgehead atoms. The number of allylic oxidation sites excluding steroid dienone is 14. The summed E-state index contributed by atoms with van der Waals surface area (Å²) in [6, 6.07) is 0. The van der Waals surface area contributed by atoms with E-state index >= 15 is 0 Å². The molecular formula is C70H123NO8. The van der Waals surface area contributed by atoms with Crippen LogP contribution < -0.4 is 5.11 Å². The van der Waals surface area contributed by atoms with Crippen LogP contribution in [0.4, 0.5) is 0 Å². The fraction of sp³-hybridized carbons (Fsp3) is 0.757. The number of hydrogen-bond acceptors (Lipinski definition) is 8. The van der Waals surface area contributed by atoms with Crippen molar-refractivity contribution < 1.29 is 42.9 Å². The minimum atomic E-state index is -1.62. The highest BCUT2D eigenvalue weighted by Crippen LogP contribution is 2.17. The molecule has 0 fully saturated rings. The van der Waals surface area contributed by atoms with E-state index in [0.29, 0.717) is 17.4 Å². The van der Waals surface area contributed by atoms with Gasteiger partial charge in [0.1, 0.15) is 13.2 Å². The number of hydrogen-bond donors (Lipinski definition) is 0. The van der Waals surface area contributed by atoms with Gasteiger partial charge in [0.05, 0.1) is 40.3 Å². The number of carbonyl (C=O) groups is 3. The number of ether oxygens (including phenoxy) is 4. The zero-order valence-corrected chi connectivity index (χ0v) is 52.0. The van der Waals surface area contributed by atoms with Crippen LogP contribution in [0.25, 0.3) is 0 Å². The molecule has 2 unspecified atom stereocenters. The summed E-state index contributed by atoms with van der Waals surface area (Å²) < 4.78 is 22.8. The van der Waals surface area contributed by atoms with Crippen LogP contribution in [0, 0.1) is 0 Å². The summed E-state index contributed by atoms with van der Waals surface area (Å²) in [6.07, 6.45) is 77.9. The number of aliphatic carboxylic acids is 1. The largest absolute Gasteiger partial charge is 0.545 e. The van der Waals surface area contributed by atoms with Gasteiger partial charge in [0.25, 0.3) is 0 Å². The highest BCUT2D eigenvalue weighted by molar-refractivity contribution is 5.70. The summed E-state index contributed by atoms with van der Waals surface area (Å²) in [6.45, 7) is 4.63. The van der Waals surface area contributed by atoms with E-state index in [1.54, 1.807) is 0 Å². The first-order valence-electron chi connectivity index (χ1n) is 32.7. The average molecular weight is 1110 g/mol. The van der Waals surface area contributed by atoms with Gasteiger partial charge in [-0.2, -0.15) is 0 Å². The van der Waals surface area contributed by atoms with Crippen molar-refractivity contribution >= 4 is 17.9 Å². The van der Waals surface area contributed by atoms with Crippen LogP contribution in [0.15, 0.2) is 85.1 Å². The van der Waals surface area contributed by atoms with Crippen LogP contribution in [0.1, 0.15) is 284 Å². The van der Waals surface area contributed by atoms with E-state index < -0.39 is 24.3 Å². The van der Waals surface area contributed by atoms with Crippen LogP contribution in [0.5, 0.6) is 0 Å². The zero-order chi connectivity index (χ0) is 57.6. The highest BCUT2D eigenvalue weighted by Gasteiger charge is 2.22. The summed E-state index contributed by atoms with van der Waals surface area (Å²) in [4.78, 5) is 37.4. The second kappa shape index (κ2) is 60.6. The van der Waals surface area contributed by atoms with Crippen molar-refractivity contribution in [3.63, 3.8) is 0 Å². The Hall–Kier alpha value is -3.53. The monoisotopic (exact) mass is 1110 g/mol. The number of likely N-dealkylation sites (N-methyl/N-ethyl adjacent to an activating group) is 1. The molecule has 0 aliphatic carbocycles. The molecule has 0 aliphatic rings. The molecule has 79 heavy (non-hydrogen) atoms. The van der Waals surface area contributed by atoms with Crippen molar-refractivity contribution in [2.45, 2.75) is 296 Å².